The van der Waals surface area contributed by atoms with Crippen LogP contribution in [-0.4, -0.2) is 57.1 Å². The zero-order valence-electron chi connectivity index (χ0n) is 17.1. The van der Waals surface area contributed by atoms with Gasteiger partial charge in [-0.2, -0.15) is 0 Å². The highest BCUT2D eigenvalue weighted by molar-refractivity contribution is 5.92. The van der Waals surface area contributed by atoms with Crippen molar-refractivity contribution in [3.05, 3.63) is 24.5 Å². The highest BCUT2D eigenvalue weighted by atomic mass is 16.5. The lowest BCUT2D eigenvalue weighted by Crippen LogP contribution is -2.51. The molecular weight excluding hydrogens is 374 g/mol. The topological polar surface area (TPSA) is 115 Å². The Balaban J connectivity index is 1.90. The van der Waals surface area contributed by atoms with Gasteiger partial charge in [-0.15, -0.1) is 0 Å². The molecular formula is C20H31N5O4. The maximum Gasteiger partial charge on any atom is 0.240 e. The van der Waals surface area contributed by atoms with E-state index in [2.05, 4.69) is 15.7 Å². The summed E-state index contributed by atoms with van der Waals surface area (Å²) in [7, 11) is 0. The summed E-state index contributed by atoms with van der Waals surface area (Å²) in [6, 6.07) is 2.75. The van der Waals surface area contributed by atoms with Gasteiger partial charge in [0.25, 0.3) is 0 Å². The van der Waals surface area contributed by atoms with Crippen molar-refractivity contribution in [1.29, 1.82) is 0 Å². The molecule has 1 atom stereocenters. The van der Waals surface area contributed by atoms with Crippen LogP contribution in [0.25, 0.3) is 0 Å². The molecule has 1 heterocycles. The number of pyridine rings is 1. The standard InChI is InChI=1S/C20H31N5O4/c1-15(2)24(13-20(28)22-17-8-5-9-21-12-17)23-19(27)11-18(25(29)14-26)10-16-6-3-4-7-16/h5,8-9,12,14-16,18,29H,3-4,6-7,10-11,13H2,1-2H3,(H,22,28)(H,23,27). The molecule has 3 amide bonds. The quantitative estimate of drug-likeness (QED) is 0.294. The van der Waals surface area contributed by atoms with Gasteiger partial charge in [-0.25, -0.2) is 10.1 Å². The van der Waals surface area contributed by atoms with Crippen LogP contribution in [0.1, 0.15) is 52.4 Å². The first-order chi connectivity index (χ1) is 13.9. The Morgan fingerprint density at radius 2 is 2.03 bits per heavy atom. The number of carbonyl (C=O) groups is 3. The summed E-state index contributed by atoms with van der Waals surface area (Å²) >= 11 is 0. The van der Waals surface area contributed by atoms with E-state index in [1.807, 2.05) is 13.8 Å². The summed E-state index contributed by atoms with van der Waals surface area (Å²) in [6.45, 7) is 3.68. The molecule has 9 nitrogen and oxygen atoms in total. The van der Waals surface area contributed by atoms with Crippen molar-refractivity contribution in [1.82, 2.24) is 20.5 Å². The Morgan fingerprint density at radius 3 is 2.62 bits per heavy atom. The van der Waals surface area contributed by atoms with Gasteiger partial charge in [-0.3, -0.25) is 30.0 Å². The molecule has 160 valence electrons. The first-order valence-corrected chi connectivity index (χ1v) is 10.1. The zero-order valence-corrected chi connectivity index (χ0v) is 17.1. The molecule has 3 N–H and O–H groups in total. The molecule has 1 aliphatic rings. The van der Waals surface area contributed by atoms with Crippen LogP contribution in [0.15, 0.2) is 24.5 Å². The van der Waals surface area contributed by atoms with Crippen LogP contribution in [0, 0.1) is 5.92 Å². The van der Waals surface area contributed by atoms with Crippen molar-refractivity contribution in [2.45, 2.75) is 64.5 Å². The van der Waals surface area contributed by atoms with Crippen molar-refractivity contribution in [2.24, 2.45) is 5.92 Å². The third kappa shape index (κ3) is 7.78. The summed E-state index contributed by atoms with van der Waals surface area (Å²) in [6.07, 6.45) is 8.45. The molecule has 1 fully saturated rings. The predicted molar refractivity (Wildman–Crippen MR) is 108 cm³/mol. The number of nitrogens with one attached hydrogen (secondary N) is 2. The van der Waals surface area contributed by atoms with Gasteiger partial charge in [-0.1, -0.05) is 25.7 Å². The third-order valence-corrected chi connectivity index (χ3v) is 5.13. The van der Waals surface area contributed by atoms with Gasteiger partial charge >= 0.3 is 0 Å². The van der Waals surface area contributed by atoms with Gasteiger partial charge in [0.15, 0.2) is 0 Å². The summed E-state index contributed by atoms with van der Waals surface area (Å²) in [5, 5.41) is 14.7. The van der Waals surface area contributed by atoms with Gasteiger partial charge in [0.1, 0.15) is 0 Å². The van der Waals surface area contributed by atoms with Crippen molar-refractivity contribution in [2.75, 3.05) is 11.9 Å². The summed E-state index contributed by atoms with van der Waals surface area (Å²) in [5.74, 6) is -0.225. The summed E-state index contributed by atoms with van der Waals surface area (Å²) in [5.41, 5.74) is 3.31. The number of carbonyl (C=O) groups excluding carboxylic acids is 3. The molecule has 1 saturated carbocycles. The van der Waals surface area contributed by atoms with E-state index < -0.39 is 6.04 Å². The van der Waals surface area contributed by atoms with E-state index in [0.717, 1.165) is 25.7 Å². The van der Waals surface area contributed by atoms with Crippen LogP contribution in [0.2, 0.25) is 0 Å². The van der Waals surface area contributed by atoms with Crippen LogP contribution in [-0.2, 0) is 14.4 Å². The molecule has 0 spiro atoms. The van der Waals surface area contributed by atoms with E-state index in [-0.39, 0.29) is 30.8 Å². The van der Waals surface area contributed by atoms with Crippen LogP contribution in [0.4, 0.5) is 5.69 Å². The molecule has 0 bridgehead atoms. The van der Waals surface area contributed by atoms with Crippen molar-refractivity contribution < 1.29 is 19.6 Å². The second kappa shape index (κ2) is 11.5. The minimum Gasteiger partial charge on any atom is -0.324 e. The molecule has 0 radical (unpaired) electrons. The predicted octanol–water partition coefficient (Wildman–Crippen LogP) is 1.95. The fourth-order valence-electron chi connectivity index (χ4n) is 3.56. The van der Waals surface area contributed by atoms with Crippen LogP contribution in [0.5, 0.6) is 0 Å². The molecule has 1 aliphatic carbocycles. The van der Waals surface area contributed by atoms with Gasteiger partial charge < -0.3 is 5.32 Å². The molecule has 0 aliphatic heterocycles. The normalized spacial score (nSPS) is 15.3. The number of hydrazine groups is 1. The van der Waals surface area contributed by atoms with Crippen molar-refractivity contribution in [3.8, 4) is 0 Å². The molecule has 0 aromatic carbocycles. The minimum atomic E-state index is -0.575. The number of anilines is 1. The van der Waals surface area contributed by atoms with Crippen LogP contribution >= 0.6 is 0 Å². The number of nitrogens with zero attached hydrogens (tertiary/aromatic N) is 3. The van der Waals surface area contributed by atoms with E-state index in [9.17, 15) is 19.6 Å². The lowest BCUT2D eigenvalue weighted by molar-refractivity contribution is -0.164. The Bertz CT molecular complexity index is 664. The summed E-state index contributed by atoms with van der Waals surface area (Å²) < 4.78 is 0. The Hall–Kier alpha value is -2.52. The largest absolute Gasteiger partial charge is 0.324 e. The average Bonchev–Trinajstić information content (AvgIpc) is 3.20. The van der Waals surface area contributed by atoms with Gasteiger partial charge in [0.2, 0.25) is 18.2 Å². The smallest absolute Gasteiger partial charge is 0.240 e. The second-order valence-corrected chi connectivity index (χ2v) is 7.78. The van der Waals surface area contributed by atoms with Crippen LogP contribution in [0.3, 0.4) is 0 Å². The molecule has 0 saturated heterocycles. The number of hydroxylamine groups is 2. The number of hydrogen-bond acceptors (Lipinski definition) is 6. The molecule has 1 aromatic heterocycles. The van der Waals surface area contributed by atoms with E-state index >= 15 is 0 Å². The van der Waals surface area contributed by atoms with Crippen molar-refractivity contribution in [3.63, 3.8) is 0 Å². The average molecular weight is 405 g/mol. The Kier molecular flexibility index (Phi) is 9.01. The Labute approximate surface area is 171 Å². The fourth-order valence-corrected chi connectivity index (χ4v) is 3.56. The second-order valence-electron chi connectivity index (χ2n) is 7.78. The number of aromatic nitrogens is 1. The Morgan fingerprint density at radius 1 is 1.31 bits per heavy atom. The fraction of sp³-hybridized carbons (Fsp3) is 0.600. The van der Waals surface area contributed by atoms with E-state index in [4.69, 9.17) is 0 Å². The molecule has 1 unspecified atom stereocenters. The molecule has 9 heteroatoms. The van der Waals surface area contributed by atoms with Crippen LogP contribution < -0.4 is 10.7 Å². The molecule has 2 rings (SSSR count). The lowest BCUT2D eigenvalue weighted by Gasteiger charge is -2.29. The third-order valence-electron chi connectivity index (χ3n) is 5.13. The van der Waals surface area contributed by atoms with Crippen molar-refractivity contribution >= 4 is 23.9 Å². The zero-order chi connectivity index (χ0) is 21.2. The number of hydrogen-bond donors (Lipinski definition) is 3. The molecule has 1 aromatic rings. The number of amides is 3. The van der Waals surface area contributed by atoms with E-state index in [1.54, 1.807) is 24.5 Å². The van der Waals surface area contributed by atoms with E-state index in [0.29, 0.717) is 29.5 Å². The van der Waals surface area contributed by atoms with Gasteiger partial charge in [0, 0.05) is 12.2 Å². The maximum absolute atomic E-state index is 12.6. The molecule has 29 heavy (non-hydrogen) atoms. The van der Waals surface area contributed by atoms with Gasteiger partial charge in [-0.05, 0) is 38.3 Å². The highest BCUT2D eigenvalue weighted by Crippen LogP contribution is 2.30. The van der Waals surface area contributed by atoms with E-state index in [1.165, 1.54) is 5.01 Å². The first kappa shape index (κ1) is 22.8. The minimum absolute atomic E-state index is 0.0286. The first-order valence-electron chi connectivity index (χ1n) is 10.1. The summed E-state index contributed by atoms with van der Waals surface area (Å²) in [4.78, 5) is 39.8. The monoisotopic (exact) mass is 405 g/mol. The SMILES string of the molecule is CC(C)N(CC(=O)Nc1cccnc1)NC(=O)CC(CC1CCCC1)N(O)C=O. The maximum atomic E-state index is 12.6. The van der Waals surface area contributed by atoms with Gasteiger partial charge in [0.05, 0.1) is 30.9 Å². The lowest BCUT2D eigenvalue weighted by atomic mass is 9.96. The highest BCUT2D eigenvalue weighted by Gasteiger charge is 2.27. The number of rotatable bonds is 11.